The van der Waals surface area contributed by atoms with Gasteiger partial charge >= 0.3 is 0 Å². The predicted molar refractivity (Wildman–Crippen MR) is 109 cm³/mol. The summed E-state index contributed by atoms with van der Waals surface area (Å²) in [6.45, 7) is 1.37. The van der Waals surface area contributed by atoms with Crippen LogP contribution in [-0.2, 0) is 11.2 Å². The lowest BCUT2D eigenvalue weighted by Crippen LogP contribution is -2.38. The Bertz CT molecular complexity index is 1200. The number of hydrogen-bond acceptors (Lipinski definition) is 1. The number of benzene rings is 2. The number of carbonyl (C=O) groups excluding carboxylic acids is 1. The monoisotopic (exact) mass is 393 g/mol. The predicted octanol–water partition coefficient (Wildman–Crippen LogP) is 4.88. The molecule has 0 aliphatic carbocycles. The first-order valence-corrected chi connectivity index (χ1v) is 9.88. The molecule has 0 atom stereocenters. The third-order valence-electron chi connectivity index (χ3n) is 5.96. The van der Waals surface area contributed by atoms with Gasteiger partial charge in [0.05, 0.1) is 6.42 Å². The second-order valence-corrected chi connectivity index (χ2v) is 7.79. The van der Waals surface area contributed by atoms with Gasteiger partial charge in [0, 0.05) is 52.7 Å². The van der Waals surface area contributed by atoms with Crippen LogP contribution in [0, 0.1) is 11.6 Å². The summed E-state index contributed by atoms with van der Waals surface area (Å²) in [5, 5.41) is 1.64. The molecule has 0 radical (unpaired) electrons. The fraction of sp³-hybridized carbons (Fsp3) is 0.261. The summed E-state index contributed by atoms with van der Waals surface area (Å²) in [4.78, 5) is 21.2. The highest BCUT2D eigenvalue weighted by Gasteiger charge is 2.25. The maximum absolute atomic E-state index is 13.6. The summed E-state index contributed by atoms with van der Waals surface area (Å²) in [6, 6.07) is 11.3. The van der Waals surface area contributed by atoms with Crippen molar-refractivity contribution >= 4 is 27.7 Å². The van der Waals surface area contributed by atoms with Crippen molar-refractivity contribution in [3.05, 3.63) is 71.6 Å². The van der Waals surface area contributed by atoms with E-state index in [4.69, 9.17) is 0 Å². The zero-order chi connectivity index (χ0) is 20.0. The molecule has 1 saturated heterocycles. The number of rotatable bonds is 3. The molecule has 3 heterocycles. The van der Waals surface area contributed by atoms with Crippen LogP contribution in [-0.4, -0.2) is 33.9 Å². The van der Waals surface area contributed by atoms with Crippen molar-refractivity contribution in [1.82, 2.24) is 14.9 Å². The minimum Gasteiger partial charge on any atom is -0.361 e. The minimum absolute atomic E-state index is 0.0623. The van der Waals surface area contributed by atoms with Crippen LogP contribution in [0.3, 0.4) is 0 Å². The molecule has 1 amide bonds. The van der Waals surface area contributed by atoms with Crippen molar-refractivity contribution in [2.45, 2.75) is 25.2 Å². The molecule has 2 N–H and O–H groups in total. The molecule has 2 aromatic carbocycles. The Hall–Kier alpha value is -3.15. The van der Waals surface area contributed by atoms with Crippen molar-refractivity contribution in [3.8, 4) is 0 Å². The number of aromatic nitrogens is 2. The number of H-pyrrole nitrogens is 2. The lowest BCUT2D eigenvalue weighted by molar-refractivity contribution is -0.131. The number of carbonyl (C=O) groups is 1. The van der Waals surface area contributed by atoms with Gasteiger partial charge in [-0.15, -0.1) is 0 Å². The van der Waals surface area contributed by atoms with Crippen LogP contribution >= 0.6 is 0 Å². The average Bonchev–Trinajstić information content (AvgIpc) is 3.32. The number of nitrogens with zero attached hydrogens (tertiary/aromatic N) is 1. The highest BCUT2D eigenvalue weighted by Crippen LogP contribution is 2.30. The Morgan fingerprint density at radius 3 is 2.52 bits per heavy atom. The molecule has 0 bridgehead atoms. The minimum atomic E-state index is -0.301. The zero-order valence-electron chi connectivity index (χ0n) is 15.8. The summed E-state index contributed by atoms with van der Waals surface area (Å²) in [6.07, 6.45) is 3.78. The van der Waals surface area contributed by atoms with Gasteiger partial charge in [-0.3, -0.25) is 4.79 Å². The van der Waals surface area contributed by atoms with Gasteiger partial charge in [-0.05, 0) is 60.9 Å². The molecule has 1 aliphatic heterocycles. The highest BCUT2D eigenvalue weighted by molar-refractivity contribution is 5.89. The molecule has 0 unspecified atom stereocenters. The Labute approximate surface area is 166 Å². The Morgan fingerprint density at radius 1 is 1.00 bits per heavy atom. The first-order valence-electron chi connectivity index (χ1n) is 9.88. The summed E-state index contributed by atoms with van der Waals surface area (Å²) in [5.41, 5.74) is 3.70. The SMILES string of the molecule is O=C(Cc1c[nH]c2ccc(F)cc12)N1CCC(c2cc3cc(F)ccc3[nH]2)CC1. The van der Waals surface area contributed by atoms with Crippen LogP contribution in [0.4, 0.5) is 8.78 Å². The number of halogens is 2. The maximum Gasteiger partial charge on any atom is 0.227 e. The van der Waals surface area contributed by atoms with E-state index in [-0.39, 0.29) is 24.0 Å². The largest absolute Gasteiger partial charge is 0.361 e. The van der Waals surface area contributed by atoms with Gasteiger partial charge in [-0.2, -0.15) is 0 Å². The summed E-state index contributed by atoms with van der Waals surface area (Å²) < 4.78 is 27.0. The smallest absolute Gasteiger partial charge is 0.227 e. The molecular formula is C23H21F2N3O. The van der Waals surface area contributed by atoms with Crippen molar-refractivity contribution in [3.63, 3.8) is 0 Å². The zero-order valence-corrected chi connectivity index (χ0v) is 15.8. The number of aromatic amines is 2. The number of fused-ring (bicyclic) bond motifs is 2. The molecule has 148 valence electrons. The first-order chi connectivity index (χ1) is 14.1. The Kier molecular flexibility index (Phi) is 4.34. The van der Waals surface area contributed by atoms with Crippen LogP contribution in [0.25, 0.3) is 21.8 Å². The lowest BCUT2D eigenvalue weighted by Gasteiger charge is -2.31. The van der Waals surface area contributed by atoms with E-state index in [1.165, 1.54) is 24.3 Å². The van der Waals surface area contributed by atoms with Crippen LogP contribution in [0.1, 0.15) is 30.0 Å². The van der Waals surface area contributed by atoms with Crippen LogP contribution in [0.5, 0.6) is 0 Å². The molecule has 29 heavy (non-hydrogen) atoms. The van der Waals surface area contributed by atoms with Gasteiger partial charge in [-0.1, -0.05) is 0 Å². The number of likely N-dealkylation sites (tertiary alicyclic amines) is 1. The molecule has 0 spiro atoms. The third-order valence-corrected chi connectivity index (χ3v) is 5.96. The van der Waals surface area contributed by atoms with Gasteiger partial charge in [0.25, 0.3) is 0 Å². The molecule has 2 aromatic heterocycles. The van der Waals surface area contributed by atoms with Crippen molar-refractivity contribution in [2.24, 2.45) is 0 Å². The maximum atomic E-state index is 13.6. The molecule has 4 nitrogen and oxygen atoms in total. The van der Waals surface area contributed by atoms with Crippen LogP contribution in [0.2, 0.25) is 0 Å². The molecule has 1 fully saturated rings. The number of amides is 1. The average molecular weight is 393 g/mol. The second kappa shape index (κ2) is 7.03. The van der Waals surface area contributed by atoms with E-state index in [0.29, 0.717) is 19.0 Å². The molecule has 1 aliphatic rings. The van der Waals surface area contributed by atoms with Gasteiger partial charge in [-0.25, -0.2) is 8.78 Å². The first kappa shape index (κ1) is 17.9. The van der Waals surface area contributed by atoms with Crippen molar-refractivity contribution < 1.29 is 13.6 Å². The summed E-state index contributed by atoms with van der Waals surface area (Å²) >= 11 is 0. The normalized spacial score (nSPS) is 15.4. The van der Waals surface area contributed by atoms with Crippen LogP contribution < -0.4 is 0 Å². The standard InChI is InChI=1S/C23H21F2N3O/c24-17-1-3-20-15(9-17)10-22(27-20)14-5-7-28(8-6-14)23(29)11-16-13-26-21-4-2-18(25)12-19(16)21/h1-4,9-10,12-14,26-27H,5-8,11H2. The lowest BCUT2D eigenvalue weighted by atomic mass is 9.93. The van der Waals surface area contributed by atoms with Gasteiger partial charge in [0.2, 0.25) is 5.91 Å². The fourth-order valence-corrected chi connectivity index (χ4v) is 4.36. The highest BCUT2D eigenvalue weighted by atomic mass is 19.1. The van der Waals surface area contributed by atoms with Crippen LogP contribution in [0.15, 0.2) is 48.7 Å². The fourth-order valence-electron chi connectivity index (χ4n) is 4.36. The van der Waals surface area contributed by atoms with Gasteiger partial charge in [0.1, 0.15) is 11.6 Å². The van der Waals surface area contributed by atoms with E-state index in [1.54, 1.807) is 18.3 Å². The number of nitrogens with one attached hydrogen (secondary N) is 2. The Balaban J connectivity index is 1.25. The summed E-state index contributed by atoms with van der Waals surface area (Å²) in [7, 11) is 0. The Morgan fingerprint density at radius 2 is 1.72 bits per heavy atom. The van der Waals surface area contributed by atoms with E-state index in [9.17, 15) is 13.6 Å². The number of hydrogen-bond donors (Lipinski definition) is 2. The molecule has 4 aromatic rings. The number of piperidine rings is 1. The molecule has 6 heteroatoms. The van der Waals surface area contributed by atoms with Crippen molar-refractivity contribution in [1.29, 1.82) is 0 Å². The van der Waals surface area contributed by atoms with E-state index < -0.39 is 0 Å². The third kappa shape index (κ3) is 3.39. The van der Waals surface area contributed by atoms with E-state index in [2.05, 4.69) is 9.97 Å². The quantitative estimate of drug-likeness (QED) is 0.512. The molecular weight excluding hydrogens is 372 g/mol. The molecule has 0 saturated carbocycles. The van der Waals surface area contributed by atoms with Gasteiger partial charge < -0.3 is 14.9 Å². The van der Waals surface area contributed by atoms with E-state index in [0.717, 1.165) is 45.9 Å². The topological polar surface area (TPSA) is 51.9 Å². The summed E-state index contributed by atoms with van der Waals surface area (Å²) in [5.74, 6) is -0.144. The molecule has 5 rings (SSSR count). The van der Waals surface area contributed by atoms with Gasteiger partial charge in [0.15, 0.2) is 0 Å². The van der Waals surface area contributed by atoms with Crippen molar-refractivity contribution in [2.75, 3.05) is 13.1 Å². The second-order valence-electron chi connectivity index (χ2n) is 7.79. The van der Waals surface area contributed by atoms with E-state index in [1.807, 2.05) is 11.0 Å². The van der Waals surface area contributed by atoms with E-state index >= 15 is 0 Å².